The Morgan fingerprint density at radius 3 is 2.37 bits per heavy atom. The lowest BCUT2D eigenvalue weighted by Crippen LogP contribution is -2.11. The number of hydrogen-bond acceptors (Lipinski definition) is 4. The number of esters is 1. The molecule has 0 amide bonds. The summed E-state index contributed by atoms with van der Waals surface area (Å²) in [5.74, 6) is -0.0214. The number of benzene rings is 2. The Bertz CT molecular complexity index is 726. The highest BCUT2D eigenvalue weighted by atomic mass is 16.5. The van der Waals surface area contributed by atoms with Crippen LogP contribution in [0.5, 0.6) is 5.75 Å². The lowest BCUT2D eigenvalue weighted by Gasteiger charge is -2.03. The molecule has 0 aliphatic rings. The molecule has 0 bridgehead atoms. The van der Waals surface area contributed by atoms with Gasteiger partial charge in [-0.1, -0.05) is 30.3 Å². The minimum absolute atomic E-state index is 0.197. The molecule has 0 fully saturated rings. The minimum atomic E-state index is -0.510. The summed E-state index contributed by atoms with van der Waals surface area (Å²) in [7, 11) is 0. The molecule has 4 heteroatoms. The quantitative estimate of drug-likeness (QED) is 0.518. The number of rotatable bonds is 2. The maximum absolute atomic E-state index is 11.9. The van der Waals surface area contributed by atoms with Crippen molar-refractivity contribution >= 4 is 17.0 Å². The molecule has 3 rings (SSSR count). The second kappa shape index (κ2) is 4.86. The van der Waals surface area contributed by atoms with E-state index < -0.39 is 5.97 Å². The molecular formula is C15H10N2O2. The first-order chi connectivity index (χ1) is 9.33. The number of para-hydroxylation sites is 3. The molecule has 0 unspecified atom stereocenters. The Hall–Kier alpha value is -2.75. The van der Waals surface area contributed by atoms with E-state index in [1.165, 1.54) is 6.20 Å². The number of aromatic nitrogens is 2. The van der Waals surface area contributed by atoms with E-state index in [0.717, 1.165) is 5.52 Å². The molecule has 19 heavy (non-hydrogen) atoms. The van der Waals surface area contributed by atoms with Crippen LogP contribution in [0, 0.1) is 0 Å². The van der Waals surface area contributed by atoms with Gasteiger partial charge in [0.2, 0.25) is 0 Å². The highest BCUT2D eigenvalue weighted by Crippen LogP contribution is 2.12. The summed E-state index contributed by atoms with van der Waals surface area (Å²) in [5, 5.41) is 0. The number of fused-ring (bicyclic) bond motifs is 1. The smallest absolute Gasteiger partial charge is 0.363 e. The molecule has 2 aromatic carbocycles. The lowest BCUT2D eigenvalue weighted by atomic mass is 10.3. The predicted molar refractivity (Wildman–Crippen MR) is 70.9 cm³/mol. The third kappa shape index (κ3) is 2.42. The van der Waals surface area contributed by atoms with Gasteiger partial charge >= 0.3 is 5.97 Å². The molecule has 0 spiro atoms. The van der Waals surface area contributed by atoms with Crippen LogP contribution in [-0.4, -0.2) is 15.9 Å². The molecular weight excluding hydrogens is 240 g/mol. The zero-order valence-electron chi connectivity index (χ0n) is 9.98. The van der Waals surface area contributed by atoms with E-state index in [9.17, 15) is 4.79 Å². The Kier molecular flexibility index (Phi) is 2.90. The van der Waals surface area contributed by atoms with Gasteiger partial charge in [0.05, 0.1) is 17.2 Å². The summed E-state index contributed by atoms with van der Waals surface area (Å²) >= 11 is 0. The van der Waals surface area contributed by atoms with E-state index >= 15 is 0 Å². The summed E-state index contributed by atoms with van der Waals surface area (Å²) in [5.41, 5.74) is 1.62. The monoisotopic (exact) mass is 250 g/mol. The fraction of sp³-hybridized carbons (Fsp3) is 0. The third-order valence-corrected chi connectivity index (χ3v) is 2.61. The minimum Gasteiger partial charge on any atom is -0.422 e. The number of hydrogen-bond donors (Lipinski definition) is 0. The van der Waals surface area contributed by atoms with Gasteiger partial charge < -0.3 is 4.74 Å². The van der Waals surface area contributed by atoms with Crippen LogP contribution in [0.25, 0.3) is 11.0 Å². The second-order valence-electron chi connectivity index (χ2n) is 3.95. The second-order valence-corrected chi connectivity index (χ2v) is 3.95. The summed E-state index contributed by atoms with van der Waals surface area (Å²) in [6.07, 6.45) is 1.42. The van der Waals surface area contributed by atoms with Crippen molar-refractivity contribution < 1.29 is 9.53 Å². The normalized spacial score (nSPS) is 10.3. The van der Waals surface area contributed by atoms with Crippen molar-refractivity contribution in [1.29, 1.82) is 0 Å². The summed E-state index contributed by atoms with van der Waals surface area (Å²) in [4.78, 5) is 20.3. The molecule has 1 aromatic heterocycles. The molecule has 0 aliphatic heterocycles. The predicted octanol–water partition coefficient (Wildman–Crippen LogP) is 2.85. The van der Waals surface area contributed by atoms with E-state index in [1.54, 1.807) is 24.3 Å². The number of carbonyl (C=O) groups excluding carboxylic acids is 1. The zero-order chi connectivity index (χ0) is 13.1. The highest BCUT2D eigenvalue weighted by Gasteiger charge is 2.11. The van der Waals surface area contributed by atoms with Gasteiger partial charge in [-0.25, -0.2) is 9.78 Å². The van der Waals surface area contributed by atoms with Gasteiger partial charge in [-0.05, 0) is 24.3 Å². The van der Waals surface area contributed by atoms with Crippen molar-refractivity contribution in [2.45, 2.75) is 0 Å². The maximum atomic E-state index is 11.9. The maximum Gasteiger partial charge on any atom is 0.363 e. The van der Waals surface area contributed by atoms with Gasteiger partial charge in [-0.15, -0.1) is 0 Å². The van der Waals surface area contributed by atoms with E-state index in [2.05, 4.69) is 9.97 Å². The molecule has 0 atom stereocenters. The van der Waals surface area contributed by atoms with Crippen molar-refractivity contribution in [1.82, 2.24) is 9.97 Å². The van der Waals surface area contributed by atoms with Crippen LogP contribution < -0.4 is 4.74 Å². The molecule has 3 aromatic rings. The zero-order valence-corrected chi connectivity index (χ0v) is 9.98. The fourth-order valence-electron chi connectivity index (χ4n) is 1.70. The Morgan fingerprint density at radius 1 is 0.895 bits per heavy atom. The number of carbonyl (C=O) groups is 1. The van der Waals surface area contributed by atoms with Crippen molar-refractivity contribution in [3.05, 3.63) is 66.5 Å². The van der Waals surface area contributed by atoms with Crippen LogP contribution in [-0.2, 0) is 0 Å². The third-order valence-electron chi connectivity index (χ3n) is 2.61. The summed E-state index contributed by atoms with van der Waals surface area (Å²) < 4.78 is 5.21. The van der Waals surface area contributed by atoms with Crippen molar-refractivity contribution in [2.75, 3.05) is 0 Å². The standard InChI is InChI=1S/C15H10N2O2/c18-15(19-11-6-2-1-3-7-11)14-10-16-12-8-4-5-9-13(12)17-14/h1-10H. The van der Waals surface area contributed by atoms with Gasteiger partial charge in [0, 0.05) is 0 Å². The molecule has 0 saturated heterocycles. The first-order valence-electron chi connectivity index (χ1n) is 5.82. The topological polar surface area (TPSA) is 52.1 Å². The van der Waals surface area contributed by atoms with E-state index in [1.807, 2.05) is 30.3 Å². The average molecular weight is 250 g/mol. The molecule has 0 aliphatic carbocycles. The van der Waals surface area contributed by atoms with Gasteiger partial charge in [-0.2, -0.15) is 0 Å². The summed E-state index contributed by atoms with van der Waals surface area (Å²) in [6, 6.07) is 16.3. The Balaban J connectivity index is 1.89. The molecule has 0 radical (unpaired) electrons. The highest BCUT2D eigenvalue weighted by molar-refractivity contribution is 5.90. The van der Waals surface area contributed by atoms with E-state index in [-0.39, 0.29) is 5.69 Å². The molecule has 4 nitrogen and oxygen atoms in total. The Labute approximate surface area is 109 Å². The van der Waals surface area contributed by atoms with Crippen LogP contribution in [0.4, 0.5) is 0 Å². The fourth-order valence-corrected chi connectivity index (χ4v) is 1.70. The van der Waals surface area contributed by atoms with Crippen molar-refractivity contribution in [2.24, 2.45) is 0 Å². The van der Waals surface area contributed by atoms with Crippen molar-refractivity contribution in [3.8, 4) is 5.75 Å². The van der Waals surface area contributed by atoms with Crippen LogP contribution in [0.3, 0.4) is 0 Å². The Morgan fingerprint density at radius 2 is 1.58 bits per heavy atom. The lowest BCUT2D eigenvalue weighted by molar-refractivity contribution is 0.0728. The summed E-state index contributed by atoms with van der Waals surface area (Å²) in [6.45, 7) is 0. The van der Waals surface area contributed by atoms with Gasteiger partial charge in [0.1, 0.15) is 5.75 Å². The largest absolute Gasteiger partial charge is 0.422 e. The van der Waals surface area contributed by atoms with Crippen LogP contribution in [0.1, 0.15) is 10.5 Å². The van der Waals surface area contributed by atoms with Crippen LogP contribution >= 0.6 is 0 Å². The van der Waals surface area contributed by atoms with Gasteiger partial charge in [0.15, 0.2) is 5.69 Å². The number of ether oxygens (including phenoxy) is 1. The molecule has 0 saturated carbocycles. The van der Waals surface area contributed by atoms with Gasteiger partial charge in [0.25, 0.3) is 0 Å². The molecule has 92 valence electrons. The molecule has 1 heterocycles. The SMILES string of the molecule is O=C(Oc1ccccc1)c1cnc2ccccc2n1. The first kappa shape index (κ1) is 11.3. The van der Waals surface area contributed by atoms with Crippen molar-refractivity contribution in [3.63, 3.8) is 0 Å². The van der Waals surface area contributed by atoms with Gasteiger partial charge in [-0.3, -0.25) is 4.98 Å². The van der Waals surface area contributed by atoms with E-state index in [4.69, 9.17) is 4.74 Å². The average Bonchev–Trinajstić information content (AvgIpc) is 2.48. The van der Waals surface area contributed by atoms with Crippen LogP contribution in [0.15, 0.2) is 60.8 Å². The van der Waals surface area contributed by atoms with E-state index in [0.29, 0.717) is 11.3 Å². The molecule has 0 N–H and O–H groups in total. The van der Waals surface area contributed by atoms with Crippen LogP contribution in [0.2, 0.25) is 0 Å². The number of nitrogens with zero attached hydrogens (tertiary/aromatic N) is 2. The first-order valence-corrected chi connectivity index (χ1v) is 5.82.